The van der Waals surface area contributed by atoms with Gasteiger partial charge in [0.1, 0.15) is 33.6 Å². The maximum atomic E-state index is 13.0. The van der Waals surface area contributed by atoms with Crippen LogP contribution in [0.4, 0.5) is 0 Å². The molecule has 12 rings (SSSR count). The lowest BCUT2D eigenvalue weighted by Crippen LogP contribution is -2.34. The molecular weight excluding hydrogens is 1210 g/mol. The Kier molecular flexibility index (Phi) is 20.5. The van der Waals surface area contributed by atoms with E-state index in [1.165, 1.54) is 25.5 Å². The molecule has 0 unspecified atom stereocenters. The molecule has 0 aliphatic heterocycles. The summed E-state index contributed by atoms with van der Waals surface area (Å²) in [6.45, 7) is 18.7. The molecule has 0 atom stereocenters. The second-order valence-corrected chi connectivity index (χ2v) is 24.4. The van der Waals surface area contributed by atoms with E-state index in [-0.39, 0.29) is 56.9 Å². The highest BCUT2D eigenvalue weighted by Gasteiger charge is 2.22. The molecule has 3 amide bonds. The number of Topliss-reactive ketones (excluding diaryl/α,β-unsaturated/α-hetero) is 1. The van der Waals surface area contributed by atoms with Crippen LogP contribution in [0, 0.1) is 18.0 Å². The highest BCUT2D eigenvalue weighted by molar-refractivity contribution is 5.99. The zero-order chi connectivity index (χ0) is 68.5. The van der Waals surface area contributed by atoms with Crippen LogP contribution in [0.3, 0.4) is 0 Å². The fourth-order valence-electron chi connectivity index (χ4n) is 10.8. The molecule has 96 heavy (non-hydrogen) atoms. The van der Waals surface area contributed by atoms with E-state index >= 15 is 0 Å². The molecule has 0 radical (unpaired) electrons. The first kappa shape index (κ1) is 67.0. The number of nitrogens with one attached hydrogen (secondary N) is 3. The summed E-state index contributed by atoms with van der Waals surface area (Å²) in [5.41, 5.74) is 10.2. The van der Waals surface area contributed by atoms with E-state index in [1.54, 1.807) is 93.3 Å². The van der Waals surface area contributed by atoms with Crippen LogP contribution in [0.5, 0.6) is 0 Å². The number of carbonyl (C=O) groups is 4. The number of rotatable bonds is 15. The molecule has 9 aromatic heterocycles. The first-order chi connectivity index (χ1) is 46.0. The Balaban J connectivity index is 0.000000157. The standard InChI is InChI=1S/C27H28N4O3.C25H22N4O3.C24H22N4O2/c1-17(2)13-22-11-10-20(15-31(22)34)19-7-5-8-21(14-19)30-16-24(27(33)29-18(3)4)25(32)23-9-6-12-28-26(23)30;1-15(2)28-25(32)22-14-29(24-21(23(22)31)8-5-9-27-24)20-7-4-6-17(11-20)19-10-18(16(3)30)12-26-13-19;1-15(2)27-24(30)21-14-28(23-20(22(21)29)8-5-11-25-23)19-7-4-6-17(12-19)18-10-9-16(3)26-13-18/h5-12,14-18H,13H2,1-4H3,(H,29,33);4-15H,1-3H3,(H,28,32);4-15H,1-3H3,(H,27,30). The van der Waals surface area contributed by atoms with Gasteiger partial charge in [-0.3, -0.25) is 43.5 Å². The van der Waals surface area contributed by atoms with Gasteiger partial charge in [-0.2, -0.15) is 4.73 Å². The first-order valence-corrected chi connectivity index (χ1v) is 31.4. The third kappa shape index (κ3) is 15.2. The van der Waals surface area contributed by atoms with Gasteiger partial charge in [-0.15, -0.1) is 0 Å². The lowest BCUT2D eigenvalue weighted by Gasteiger charge is -2.15. The lowest BCUT2D eigenvalue weighted by atomic mass is 10.0. The molecule has 484 valence electrons. The number of aryl methyl sites for hydroxylation is 1. The highest BCUT2D eigenvalue weighted by Crippen LogP contribution is 2.28. The van der Waals surface area contributed by atoms with E-state index in [1.807, 2.05) is 152 Å². The van der Waals surface area contributed by atoms with Gasteiger partial charge in [-0.25, -0.2) is 15.0 Å². The first-order valence-electron chi connectivity index (χ1n) is 31.4. The summed E-state index contributed by atoms with van der Waals surface area (Å²) in [6, 6.07) is 42.4. The Morgan fingerprint density at radius 3 is 1.24 bits per heavy atom. The highest BCUT2D eigenvalue weighted by atomic mass is 16.5. The number of carbonyl (C=O) groups excluding carboxylic acids is 4. The molecule has 0 aliphatic rings. The maximum Gasteiger partial charge on any atom is 0.256 e. The maximum absolute atomic E-state index is 13.0. The molecule has 9 heterocycles. The Morgan fingerprint density at radius 1 is 0.458 bits per heavy atom. The number of benzene rings is 3. The second-order valence-electron chi connectivity index (χ2n) is 24.4. The van der Waals surface area contributed by atoms with Gasteiger partial charge < -0.3 is 34.9 Å². The van der Waals surface area contributed by atoms with Crippen LogP contribution in [-0.2, 0) is 6.42 Å². The van der Waals surface area contributed by atoms with Crippen molar-refractivity contribution in [1.29, 1.82) is 0 Å². The van der Waals surface area contributed by atoms with E-state index in [4.69, 9.17) is 0 Å². The predicted molar refractivity (Wildman–Crippen MR) is 374 cm³/mol. The summed E-state index contributed by atoms with van der Waals surface area (Å²) in [7, 11) is 0. The summed E-state index contributed by atoms with van der Waals surface area (Å²) in [4.78, 5) is 111. The molecule has 0 saturated heterocycles. The predicted octanol–water partition coefficient (Wildman–Crippen LogP) is 11.7. The van der Waals surface area contributed by atoms with Gasteiger partial charge >= 0.3 is 0 Å². The van der Waals surface area contributed by atoms with Crippen molar-refractivity contribution in [2.45, 2.75) is 93.8 Å². The van der Waals surface area contributed by atoms with Crippen molar-refractivity contribution in [3.05, 3.63) is 271 Å². The van der Waals surface area contributed by atoms with E-state index in [2.05, 4.69) is 54.7 Å². The number of pyridine rings is 9. The lowest BCUT2D eigenvalue weighted by molar-refractivity contribution is -0.613. The van der Waals surface area contributed by atoms with E-state index < -0.39 is 17.7 Å². The molecule has 0 fully saturated rings. The molecule has 20 nitrogen and oxygen atoms in total. The van der Waals surface area contributed by atoms with Gasteiger partial charge in [0, 0.05) is 131 Å². The molecular formula is C76H72N12O8. The van der Waals surface area contributed by atoms with Crippen molar-refractivity contribution >= 4 is 56.6 Å². The van der Waals surface area contributed by atoms with Crippen molar-refractivity contribution in [3.8, 4) is 50.4 Å². The van der Waals surface area contributed by atoms with Gasteiger partial charge in [-0.1, -0.05) is 56.3 Å². The van der Waals surface area contributed by atoms with Gasteiger partial charge in [0.2, 0.25) is 16.3 Å². The van der Waals surface area contributed by atoms with Gasteiger partial charge in [0.05, 0.1) is 16.2 Å². The van der Waals surface area contributed by atoms with Crippen LogP contribution in [0.2, 0.25) is 0 Å². The number of nitrogens with zero attached hydrogens (tertiary/aromatic N) is 9. The molecule has 0 bridgehead atoms. The van der Waals surface area contributed by atoms with Crippen LogP contribution in [0.25, 0.3) is 83.5 Å². The number of ketones is 1. The third-order valence-electron chi connectivity index (χ3n) is 15.3. The van der Waals surface area contributed by atoms with Crippen LogP contribution in [-0.4, -0.2) is 80.3 Å². The van der Waals surface area contributed by atoms with Gasteiger partial charge in [0.25, 0.3) is 17.7 Å². The fraction of sp³-hybridized carbons (Fsp3) is 0.197. The summed E-state index contributed by atoms with van der Waals surface area (Å²) < 4.78 is 6.19. The largest absolute Gasteiger partial charge is 0.618 e. The average Bonchev–Trinajstić information content (AvgIpc) is 0.791. The summed E-state index contributed by atoms with van der Waals surface area (Å²) >= 11 is 0. The van der Waals surface area contributed by atoms with Crippen molar-refractivity contribution in [3.63, 3.8) is 0 Å². The monoisotopic (exact) mass is 1280 g/mol. The van der Waals surface area contributed by atoms with Gasteiger partial charge in [0.15, 0.2) is 17.7 Å². The third-order valence-corrected chi connectivity index (χ3v) is 15.3. The van der Waals surface area contributed by atoms with Crippen LogP contribution >= 0.6 is 0 Å². The molecule has 12 aromatic rings. The minimum atomic E-state index is -0.431. The van der Waals surface area contributed by atoms with Crippen molar-refractivity contribution in [2.75, 3.05) is 0 Å². The molecule has 3 aromatic carbocycles. The number of amides is 3. The Morgan fingerprint density at radius 2 is 0.865 bits per heavy atom. The molecule has 0 saturated carbocycles. The smallest absolute Gasteiger partial charge is 0.256 e. The Labute approximate surface area is 553 Å². The quantitative estimate of drug-likeness (QED) is 0.0490. The molecule has 0 aliphatic carbocycles. The normalized spacial score (nSPS) is 11.1. The minimum absolute atomic E-state index is 0.0462. The topological polar surface area (TPSA) is 262 Å². The van der Waals surface area contributed by atoms with Crippen LogP contribution in [0.15, 0.2) is 216 Å². The number of hydrogen-bond acceptors (Lipinski definition) is 13. The van der Waals surface area contributed by atoms with Crippen LogP contribution in [0.1, 0.15) is 115 Å². The van der Waals surface area contributed by atoms with E-state index in [0.29, 0.717) is 51.0 Å². The average molecular weight is 1280 g/mol. The van der Waals surface area contributed by atoms with Crippen LogP contribution < -0.4 is 37.0 Å². The zero-order valence-corrected chi connectivity index (χ0v) is 54.9. The Hall–Kier alpha value is -11.9. The second kappa shape index (κ2) is 29.4. The summed E-state index contributed by atoms with van der Waals surface area (Å²) in [5.74, 6) is -0.930. The molecule has 0 spiro atoms. The Bertz CT molecular complexity index is 5130. The van der Waals surface area contributed by atoms with E-state index in [9.17, 15) is 38.8 Å². The fourth-order valence-corrected chi connectivity index (χ4v) is 10.8. The van der Waals surface area contributed by atoms with Crippen molar-refractivity contribution < 1.29 is 23.9 Å². The zero-order valence-electron chi connectivity index (χ0n) is 54.9. The summed E-state index contributed by atoms with van der Waals surface area (Å²) in [5, 5.41) is 22.0. The van der Waals surface area contributed by atoms with Gasteiger partial charge in [-0.05, 0) is 169 Å². The van der Waals surface area contributed by atoms with Crippen molar-refractivity contribution in [2.24, 2.45) is 5.92 Å². The number of fused-ring (bicyclic) bond motifs is 3. The van der Waals surface area contributed by atoms with Crippen molar-refractivity contribution in [1.82, 2.24) is 54.6 Å². The SMILES string of the molecule is CC(=O)c1cncc(-c2cccc(-n3cc(C(=O)NC(C)C)c(=O)c4cccnc43)c2)c1.CC(C)Cc1ccc(-c2cccc(-n3cc(C(=O)NC(C)C)c(=O)c4cccnc43)c2)c[n+]1[O-].Cc1ccc(-c2cccc(-n3cc(C(=O)NC(C)C)c(=O)c4cccnc43)c2)cn1. The molecule has 3 N–H and O–H groups in total. The molecule has 20 heteroatoms. The summed E-state index contributed by atoms with van der Waals surface area (Å²) in [6.07, 6.45) is 16.8. The number of hydrogen-bond donors (Lipinski definition) is 3. The minimum Gasteiger partial charge on any atom is -0.618 e. The van der Waals surface area contributed by atoms with E-state index in [0.717, 1.165) is 66.6 Å². The number of aromatic nitrogens is 9.